The van der Waals surface area contributed by atoms with Gasteiger partial charge in [0, 0.05) is 13.1 Å². The van der Waals surface area contributed by atoms with E-state index < -0.39 is 10.0 Å². The van der Waals surface area contributed by atoms with Gasteiger partial charge in [-0.3, -0.25) is 0 Å². The molecule has 0 unspecified atom stereocenters. The van der Waals surface area contributed by atoms with Gasteiger partial charge in [0.25, 0.3) is 10.0 Å². The summed E-state index contributed by atoms with van der Waals surface area (Å²) < 4.78 is 31.6. The average Bonchev–Trinajstić information content (AvgIpc) is 2.89. The van der Waals surface area contributed by atoms with E-state index in [2.05, 4.69) is 19.2 Å². The molecule has 112 valence electrons. The number of sulfonamides is 1. The molecule has 2 rings (SSSR count). The minimum Gasteiger partial charge on any atom is -0.447 e. The highest BCUT2D eigenvalue weighted by atomic mass is 32.2. The summed E-state index contributed by atoms with van der Waals surface area (Å²) in [6, 6.07) is 3.26. The van der Waals surface area contributed by atoms with Crippen molar-refractivity contribution in [2.75, 3.05) is 19.6 Å². The van der Waals surface area contributed by atoms with Crippen LogP contribution in [0.25, 0.3) is 0 Å². The Morgan fingerprint density at radius 1 is 1.35 bits per heavy atom. The maximum absolute atomic E-state index is 12.4. The zero-order chi connectivity index (χ0) is 14.6. The molecule has 0 aromatic carbocycles. The van der Waals surface area contributed by atoms with Crippen LogP contribution >= 0.6 is 0 Å². The Hall–Kier alpha value is -1.11. The molecule has 0 bridgehead atoms. The van der Waals surface area contributed by atoms with E-state index in [1.54, 1.807) is 12.1 Å². The van der Waals surface area contributed by atoms with Crippen molar-refractivity contribution >= 4 is 10.0 Å². The van der Waals surface area contributed by atoms with E-state index in [9.17, 15) is 8.42 Å². The SMILES string of the molecule is CC(C)CNCc1ccc(S(=O)(=O)N2CC=CCC2)o1. The lowest BCUT2D eigenvalue weighted by Crippen LogP contribution is -2.33. The standard InChI is InChI=1S/C14H22N2O3S/c1-12(2)10-15-11-13-6-7-14(19-13)20(17,18)16-8-4-3-5-9-16/h3-4,6-7,12,15H,5,8-11H2,1-2H3. The van der Waals surface area contributed by atoms with Crippen molar-refractivity contribution in [2.45, 2.75) is 31.9 Å². The molecule has 0 aliphatic carbocycles. The number of nitrogens with zero attached hydrogens (tertiary/aromatic N) is 1. The first-order chi connectivity index (χ1) is 9.50. The Kier molecular flexibility index (Phi) is 5.01. The molecule has 0 amide bonds. The quantitative estimate of drug-likeness (QED) is 0.816. The van der Waals surface area contributed by atoms with Gasteiger partial charge < -0.3 is 9.73 Å². The maximum Gasteiger partial charge on any atom is 0.276 e. The van der Waals surface area contributed by atoms with Gasteiger partial charge in [0.1, 0.15) is 5.76 Å². The zero-order valence-electron chi connectivity index (χ0n) is 12.0. The Bertz CT molecular complexity index is 561. The second kappa shape index (κ2) is 6.56. The lowest BCUT2D eigenvalue weighted by atomic mass is 10.2. The van der Waals surface area contributed by atoms with E-state index in [1.165, 1.54) is 4.31 Å². The van der Waals surface area contributed by atoms with Crippen molar-refractivity contribution in [2.24, 2.45) is 5.92 Å². The van der Waals surface area contributed by atoms with Crippen LogP contribution in [0, 0.1) is 5.92 Å². The topological polar surface area (TPSA) is 62.6 Å². The fourth-order valence-corrected chi connectivity index (χ4v) is 3.38. The summed E-state index contributed by atoms with van der Waals surface area (Å²) >= 11 is 0. The average molecular weight is 298 g/mol. The molecule has 0 atom stereocenters. The third kappa shape index (κ3) is 3.71. The highest BCUT2D eigenvalue weighted by Crippen LogP contribution is 2.20. The van der Waals surface area contributed by atoms with Gasteiger partial charge in [-0.05, 0) is 31.0 Å². The summed E-state index contributed by atoms with van der Waals surface area (Å²) in [4.78, 5) is 0. The van der Waals surface area contributed by atoms with Gasteiger partial charge >= 0.3 is 0 Å². The normalized spacial score (nSPS) is 16.9. The molecule has 1 aromatic rings. The van der Waals surface area contributed by atoms with Crippen molar-refractivity contribution in [3.8, 4) is 0 Å². The number of furan rings is 1. The molecule has 0 saturated carbocycles. The van der Waals surface area contributed by atoms with Gasteiger partial charge in [-0.2, -0.15) is 4.31 Å². The molecule has 1 aliphatic rings. The second-order valence-corrected chi connectivity index (χ2v) is 7.24. The van der Waals surface area contributed by atoms with E-state index in [1.807, 2.05) is 12.2 Å². The van der Waals surface area contributed by atoms with Crippen molar-refractivity contribution in [3.63, 3.8) is 0 Å². The predicted octanol–water partition coefficient (Wildman–Crippen LogP) is 1.98. The molecule has 0 spiro atoms. The van der Waals surface area contributed by atoms with E-state index in [0.717, 1.165) is 13.0 Å². The molecule has 1 N–H and O–H groups in total. The lowest BCUT2D eigenvalue weighted by molar-refractivity contribution is 0.369. The molecular formula is C14H22N2O3S. The summed E-state index contributed by atoms with van der Waals surface area (Å²) in [5, 5.41) is 3.27. The summed E-state index contributed by atoms with van der Waals surface area (Å²) in [6.45, 7) is 6.60. The number of hydrogen-bond acceptors (Lipinski definition) is 4. The van der Waals surface area contributed by atoms with E-state index in [0.29, 0.717) is 31.3 Å². The summed E-state index contributed by atoms with van der Waals surface area (Å²) in [5.41, 5.74) is 0. The molecule has 0 saturated heterocycles. The van der Waals surface area contributed by atoms with E-state index >= 15 is 0 Å². The van der Waals surface area contributed by atoms with Crippen LogP contribution < -0.4 is 5.32 Å². The van der Waals surface area contributed by atoms with Gasteiger partial charge in [-0.1, -0.05) is 26.0 Å². The van der Waals surface area contributed by atoms with Gasteiger partial charge in [0.15, 0.2) is 0 Å². The van der Waals surface area contributed by atoms with Crippen LogP contribution in [0.15, 0.2) is 33.8 Å². The molecule has 5 nitrogen and oxygen atoms in total. The van der Waals surface area contributed by atoms with Gasteiger partial charge in [-0.25, -0.2) is 8.42 Å². The van der Waals surface area contributed by atoms with Crippen LogP contribution in [0.5, 0.6) is 0 Å². The molecule has 1 aromatic heterocycles. The molecular weight excluding hydrogens is 276 g/mol. The lowest BCUT2D eigenvalue weighted by Gasteiger charge is -2.21. The van der Waals surface area contributed by atoms with E-state index in [4.69, 9.17) is 4.42 Å². The minimum atomic E-state index is -3.49. The third-order valence-corrected chi connectivity index (χ3v) is 4.84. The van der Waals surface area contributed by atoms with Crippen LogP contribution in [0.1, 0.15) is 26.0 Å². The first kappa shape index (κ1) is 15.3. The van der Waals surface area contributed by atoms with Crippen molar-refractivity contribution in [1.82, 2.24) is 9.62 Å². The van der Waals surface area contributed by atoms with Crippen LogP contribution in [0.4, 0.5) is 0 Å². The zero-order valence-corrected chi connectivity index (χ0v) is 12.8. The van der Waals surface area contributed by atoms with Gasteiger partial charge in [0.05, 0.1) is 6.54 Å². The monoisotopic (exact) mass is 298 g/mol. The highest BCUT2D eigenvalue weighted by Gasteiger charge is 2.27. The molecule has 1 aliphatic heterocycles. The first-order valence-corrected chi connectivity index (χ1v) is 8.38. The van der Waals surface area contributed by atoms with Crippen LogP contribution in [0.2, 0.25) is 0 Å². The largest absolute Gasteiger partial charge is 0.447 e. The summed E-state index contributed by atoms with van der Waals surface area (Å²) in [5.74, 6) is 1.20. The minimum absolute atomic E-state index is 0.0362. The van der Waals surface area contributed by atoms with Crippen molar-refractivity contribution < 1.29 is 12.8 Å². The predicted molar refractivity (Wildman–Crippen MR) is 77.8 cm³/mol. The number of hydrogen-bond donors (Lipinski definition) is 1. The number of rotatable bonds is 6. The Labute approximate surface area is 120 Å². The fraction of sp³-hybridized carbons (Fsp3) is 0.571. The number of nitrogens with one attached hydrogen (secondary N) is 1. The molecule has 6 heteroatoms. The highest BCUT2D eigenvalue weighted by molar-refractivity contribution is 7.89. The molecule has 2 heterocycles. The molecule has 0 fully saturated rings. The Morgan fingerprint density at radius 2 is 2.15 bits per heavy atom. The van der Waals surface area contributed by atoms with Crippen LogP contribution in [-0.4, -0.2) is 32.4 Å². The Balaban J connectivity index is 2.02. The van der Waals surface area contributed by atoms with Crippen LogP contribution in [-0.2, 0) is 16.6 Å². The molecule has 0 radical (unpaired) electrons. The van der Waals surface area contributed by atoms with E-state index in [-0.39, 0.29) is 5.09 Å². The van der Waals surface area contributed by atoms with Crippen LogP contribution in [0.3, 0.4) is 0 Å². The first-order valence-electron chi connectivity index (χ1n) is 6.94. The summed E-state index contributed by atoms with van der Waals surface area (Å²) in [7, 11) is -3.49. The van der Waals surface area contributed by atoms with Gasteiger partial charge in [-0.15, -0.1) is 0 Å². The summed E-state index contributed by atoms with van der Waals surface area (Å²) in [6.07, 6.45) is 4.62. The van der Waals surface area contributed by atoms with Crippen molar-refractivity contribution in [1.29, 1.82) is 0 Å². The van der Waals surface area contributed by atoms with Crippen molar-refractivity contribution in [3.05, 3.63) is 30.0 Å². The smallest absolute Gasteiger partial charge is 0.276 e. The van der Waals surface area contributed by atoms with Gasteiger partial charge in [0.2, 0.25) is 5.09 Å². The Morgan fingerprint density at radius 3 is 2.80 bits per heavy atom. The maximum atomic E-state index is 12.4. The second-order valence-electron chi connectivity index (χ2n) is 5.37. The molecule has 20 heavy (non-hydrogen) atoms. The fourth-order valence-electron chi connectivity index (χ4n) is 2.04. The third-order valence-electron chi connectivity index (χ3n) is 3.10.